The molecule has 4 heteroatoms. The number of hydrogen-bond donors (Lipinski definition) is 2. The average molecular weight is 218 g/mol. The molecule has 0 aromatic carbocycles. The number of nitrogens with one attached hydrogen (secondary N) is 1. The van der Waals surface area contributed by atoms with E-state index in [4.69, 9.17) is 5.73 Å². The van der Waals surface area contributed by atoms with E-state index in [1.165, 1.54) is 6.42 Å². The van der Waals surface area contributed by atoms with Gasteiger partial charge < -0.3 is 11.1 Å². The Balaban J connectivity index is 4.10. The molecule has 0 spiro atoms. The van der Waals surface area contributed by atoms with Gasteiger partial charge in [0.15, 0.2) is 0 Å². The SMILES string of the molecule is CCCSC(C)CC(C)(NC)C(N)=O. The fourth-order valence-corrected chi connectivity index (χ4v) is 2.37. The number of nitrogens with two attached hydrogens (primary N) is 1. The van der Waals surface area contributed by atoms with Crippen molar-refractivity contribution in [1.82, 2.24) is 5.32 Å². The van der Waals surface area contributed by atoms with Crippen LogP contribution in [0.15, 0.2) is 0 Å². The number of thioether (sulfide) groups is 1. The highest BCUT2D eigenvalue weighted by Crippen LogP contribution is 2.21. The molecule has 0 radical (unpaired) electrons. The molecule has 0 rings (SSSR count). The molecule has 84 valence electrons. The molecule has 0 aliphatic rings. The van der Waals surface area contributed by atoms with E-state index in [2.05, 4.69) is 19.2 Å². The molecule has 0 fully saturated rings. The number of carbonyl (C=O) groups is 1. The molecule has 14 heavy (non-hydrogen) atoms. The van der Waals surface area contributed by atoms with Crippen LogP contribution in [0.25, 0.3) is 0 Å². The lowest BCUT2D eigenvalue weighted by molar-refractivity contribution is -0.123. The van der Waals surface area contributed by atoms with Crippen molar-refractivity contribution < 1.29 is 4.79 Å². The molecule has 2 atom stereocenters. The van der Waals surface area contributed by atoms with Crippen LogP contribution in [0.4, 0.5) is 0 Å². The third-order valence-electron chi connectivity index (χ3n) is 2.40. The van der Waals surface area contributed by atoms with Gasteiger partial charge >= 0.3 is 0 Å². The fraction of sp³-hybridized carbons (Fsp3) is 0.900. The highest BCUT2D eigenvalue weighted by atomic mass is 32.2. The monoisotopic (exact) mass is 218 g/mol. The molecule has 0 bridgehead atoms. The molecule has 2 unspecified atom stereocenters. The minimum Gasteiger partial charge on any atom is -0.368 e. The van der Waals surface area contributed by atoms with E-state index in [0.717, 1.165) is 12.2 Å². The third-order valence-corrected chi connectivity index (χ3v) is 3.78. The Morgan fingerprint density at radius 3 is 2.57 bits per heavy atom. The van der Waals surface area contributed by atoms with Crippen molar-refractivity contribution in [3.8, 4) is 0 Å². The zero-order valence-corrected chi connectivity index (χ0v) is 10.4. The number of hydrogen-bond acceptors (Lipinski definition) is 3. The second-order valence-electron chi connectivity index (χ2n) is 3.83. The zero-order valence-electron chi connectivity index (χ0n) is 9.59. The van der Waals surface area contributed by atoms with E-state index in [9.17, 15) is 4.79 Å². The summed E-state index contributed by atoms with van der Waals surface area (Å²) in [4.78, 5) is 11.2. The second-order valence-corrected chi connectivity index (χ2v) is 5.38. The zero-order chi connectivity index (χ0) is 11.2. The highest BCUT2D eigenvalue weighted by Gasteiger charge is 2.30. The van der Waals surface area contributed by atoms with Crippen LogP contribution in [0.2, 0.25) is 0 Å². The fourth-order valence-electron chi connectivity index (χ4n) is 1.28. The Morgan fingerprint density at radius 2 is 2.21 bits per heavy atom. The summed E-state index contributed by atoms with van der Waals surface area (Å²) in [5.41, 5.74) is 4.78. The quantitative estimate of drug-likeness (QED) is 0.678. The number of rotatable bonds is 7. The molecule has 0 aromatic rings. The van der Waals surface area contributed by atoms with E-state index in [-0.39, 0.29) is 5.91 Å². The van der Waals surface area contributed by atoms with Gasteiger partial charge in [-0.2, -0.15) is 11.8 Å². The highest BCUT2D eigenvalue weighted by molar-refractivity contribution is 7.99. The Bertz CT molecular complexity index is 187. The summed E-state index contributed by atoms with van der Waals surface area (Å²) in [5.74, 6) is 0.864. The van der Waals surface area contributed by atoms with E-state index < -0.39 is 5.54 Å². The van der Waals surface area contributed by atoms with Crippen LogP contribution in [0.3, 0.4) is 0 Å². The maximum absolute atomic E-state index is 11.2. The molecule has 0 saturated heterocycles. The molecule has 1 amide bonds. The minimum atomic E-state index is -0.569. The van der Waals surface area contributed by atoms with Crippen LogP contribution in [0.5, 0.6) is 0 Å². The Labute approximate surface area is 91.2 Å². The predicted molar refractivity (Wildman–Crippen MR) is 63.5 cm³/mol. The maximum atomic E-state index is 11.2. The average Bonchev–Trinajstić information content (AvgIpc) is 2.14. The van der Waals surface area contributed by atoms with Crippen molar-refractivity contribution >= 4 is 17.7 Å². The molecule has 0 aliphatic carbocycles. The van der Waals surface area contributed by atoms with Crippen molar-refractivity contribution in [3.63, 3.8) is 0 Å². The summed E-state index contributed by atoms with van der Waals surface area (Å²) in [6, 6.07) is 0. The van der Waals surface area contributed by atoms with E-state index in [1.807, 2.05) is 18.7 Å². The van der Waals surface area contributed by atoms with Crippen LogP contribution >= 0.6 is 11.8 Å². The van der Waals surface area contributed by atoms with Crippen molar-refractivity contribution in [1.29, 1.82) is 0 Å². The van der Waals surface area contributed by atoms with Gasteiger partial charge in [0.1, 0.15) is 0 Å². The van der Waals surface area contributed by atoms with Crippen LogP contribution in [0, 0.1) is 0 Å². The first-order valence-electron chi connectivity index (χ1n) is 5.06. The van der Waals surface area contributed by atoms with Crippen molar-refractivity contribution in [2.75, 3.05) is 12.8 Å². The molecular formula is C10H22N2OS. The van der Waals surface area contributed by atoms with E-state index in [0.29, 0.717) is 5.25 Å². The van der Waals surface area contributed by atoms with Gasteiger partial charge in [-0.25, -0.2) is 0 Å². The summed E-state index contributed by atoms with van der Waals surface area (Å²) in [7, 11) is 1.78. The van der Waals surface area contributed by atoms with Crippen LogP contribution in [-0.2, 0) is 4.79 Å². The van der Waals surface area contributed by atoms with Crippen LogP contribution in [-0.4, -0.2) is 29.5 Å². The summed E-state index contributed by atoms with van der Waals surface area (Å²) in [6.07, 6.45) is 1.95. The van der Waals surface area contributed by atoms with Gasteiger partial charge in [-0.3, -0.25) is 4.79 Å². The number of primary amides is 1. The molecule has 0 heterocycles. The first-order valence-corrected chi connectivity index (χ1v) is 6.11. The van der Waals surface area contributed by atoms with Gasteiger partial charge in [-0.15, -0.1) is 0 Å². The Morgan fingerprint density at radius 1 is 1.64 bits per heavy atom. The van der Waals surface area contributed by atoms with Gasteiger partial charge in [0.2, 0.25) is 5.91 Å². The van der Waals surface area contributed by atoms with Crippen molar-refractivity contribution in [2.24, 2.45) is 5.73 Å². The van der Waals surface area contributed by atoms with E-state index in [1.54, 1.807) is 7.05 Å². The Kier molecular flexibility index (Phi) is 6.20. The van der Waals surface area contributed by atoms with Crippen LogP contribution in [0.1, 0.15) is 33.6 Å². The Hall–Kier alpha value is -0.220. The van der Waals surface area contributed by atoms with Gasteiger partial charge in [-0.1, -0.05) is 13.8 Å². The van der Waals surface area contributed by atoms with Crippen molar-refractivity contribution in [2.45, 2.75) is 44.4 Å². The largest absolute Gasteiger partial charge is 0.368 e. The number of likely N-dealkylation sites (N-methyl/N-ethyl adjacent to an activating group) is 1. The topological polar surface area (TPSA) is 55.1 Å². The number of carbonyl (C=O) groups excluding carboxylic acids is 1. The summed E-state index contributed by atoms with van der Waals surface area (Å²) in [6.45, 7) is 6.16. The van der Waals surface area contributed by atoms with Crippen molar-refractivity contribution in [3.05, 3.63) is 0 Å². The standard InChI is InChI=1S/C10H22N2OS/c1-5-6-14-8(2)7-10(3,12-4)9(11)13/h8,12H,5-7H2,1-4H3,(H2,11,13). The third kappa shape index (κ3) is 4.33. The summed E-state index contributed by atoms with van der Waals surface area (Å²) in [5, 5.41) is 3.46. The number of amides is 1. The summed E-state index contributed by atoms with van der Waals surface area (Å²) < 4.78 is 0. The molecule has 0 aliphatic heterocycles. The smallest absolute Gasteiger partial charge is 0.237 e. The molecule has 3 N–H and O–H groups in total. The van der Waals surface area contributed by atoms with Gasteiger partial charge in [-0.05, 0) is 32.6 Å². The minimum absolute atomic E-state index is 0.274. The van der Waals surface area contributed by atoms with Crippen LogP contribution < -0.4 is 11.1 Å². The van der Waals surface area contributed by atoms with Gasteiger partial charge in [0, 0.05) is 5.25 Å². The lowest BCUT2D eigenvalue weighted by Gasteiger charge is -2.28. The molecular weight excluding hydrogens is 196 g/mol. The predicted octanol–water partition coefficient (Wildman–Crippen LogP) is 1.37. The van der Waals surface area contributed by atoms with Gasteiger partial charge in [0.05, 0.1) is 5.54 Å². The maximum Gasteiger partial charge on any atom is 0.237 e. The first-order chi connectivity index (χ1) is 6.46. The molecule has 3 nitrogen and oxygen atoms in total. The lowest BCUT2D eigenvalue weighted by atomic mass is 9.95. The molecule has 0 aromatic heterocycles. The second kappa shape index (κ2) is 6.30. The van der Waals surface area contributed by atoms with Gasteiger partial charge in [0.25, 0.3) is 0 Å². The first kappa shape index (κ1) is 13.8. The molecule has 0 saturated carbocycles. The summed E-state index contributed by atoms with van der Waals surface area (Å²) >= 11 is 1.89. The van der Waals surface area contributed by atoms with E-state index >= 15 is 0 Å². The normalized spacial score (nSPS) is 17.4. The lowest BCUT2D eigenvalue weighted by Crippen LogP contribution is -2.52.